The van der Waals surface area contributed by atoms with Crippen LogP contribution in [0, 0.1) is 0 Å². The molecule has 1 aromatic heterocycles. The highest BCUT2D eigenvalue weighted by Crippen LogP contribution is 2.39. The molecule has 1 atom stereocenters. The second kappa shape index (κ2) is 10.3. The molecule has 2 aromatic rings. The lowest BCUT2D eigenvalue weighted by Crippen LogP contribution is -2.45. The van der Waals surface area contributed by atoms with E-state index < -0.39 is 0 Å². The molecule has 0 bridgehead atoms. The molecule has 2 amide bonds. The van der Waals surface area contributed by atoms with Crippen molar-refractivity contribution in [2.24, 2.45) is 0 Å². The van der Waals surface area contributed by atoms with Crippen LogP contribution >= 0.6 is 11.8 Å². The van der Waals surface area contributed by atoms with Crippen LogP contribution < -0.4 is 5.32 Å². The van der Waals surface area contributed by atoms with E-state index in [-0.39, 0.29) is 17.2 Å². The van der Waals surface area contributed by atoms with E-state index in [4.69, 9.17) is 4.42 Å². The van der Waals surface area contributed by atoms with Crippen LogP contribution in [0.3, 0.4) is 0 Å². The highest BCUT2D eigenvalue weighted by molar-refractivity contribution is 8.00. The lowest BCUT2D eigenvalue weighted by atomic mass is 10.1. The molecule has 0 aliphatic carbocycles. The minimum Gasteiger partial charge on any atom is -0.467 e. The van der Waals surface area contributed by atoms with Gasteiger partial charge in [-0.2, -0.15) is 0 Å². The van der Waals surface area contributed by atoms with Gasteiger partial charge in [0, 0.05) is 38.3 Å². The number of likely N-dealkylation sites (N-methyl/N-ethyl adjacent to an activating group) is 1. The van der Waals surface area contributed by atoms with E-state index >= 15 is 0 Å². The first-order chi connectivity index (χ1) is 15.1. The van der Waals surface area contributed by atoms with Gasteiger partial charge in [0.1, 0.15) is 11.1 Å². The molecular weight excluding hydrogens is 412 g/mol. The zero-order valence-electron chi connectivity index (χ0n) is 18.0. The molecule has 0 saturated carbocycles. The average Bonchev–Trinajstić information content (AvgIpc) is 3.43. The highest BCUT2D eigenvalue weighted by Gasteiger charge is 2.33. The summed E-state index contributed by atoms with van der Waals surface area (Å²) in [6.45, 7) is 6.58. The Morgan fingerprint density at radius 3 is 2.65 bits per heavy atom. The number of carbonyl (C=O) groups excluding carboxylic acids is 2. The van der Waals surface area contributed by atoms with E-state index in [1.807, 2.05) is 41.3 Å². The number of furan rings is 1. The predicted molar refractivity (Wildman–Crippen MR) is 122 cm³/mol. The minimum atomic E-state index is -0.0571. The van der Waals surface area contributed by atoms with E-state index in [0.29, 0.717) is 24.4 Å². The summed E-state index contributed by atoms with van der Waals surface area (Å²) < 4.78 is 5.41. The van der Waals surface area contributed by atoms with E-state index in [1.54, 1.807) is 18.0 Å². The van der Waals surface area contributed by atoms with Gasteiger partial charge < -0.3 is 24.4 Å². The van der Waals surface area contributed by atoms with Gasteiger partial charge in [-0.05, 0) is 49.8 Å². The summed E-state index contributed by atoms with van der Waals surface area (Å²) in [6.07, 6.45) is 2.58. The minimum absolute atomic E-state index is 0.0486. The third kappa shape index (κ3) is 5.70. The van der Waals surface area contributed by atoms with Crippen LogP contribution in [0.4, 0.5) is 0 Å². The van der Waals surface area contributed by atoms with Gasteiger partial charge in [0.2, 0.25) is 5.91 Å². The van der Waals surface area contributed by atoms with E-state index in [2.05, 4.69) is 22.2 Å². The van der Waals surface area contributed by atoms with Crippen molar-refractivity contribution >= 4 is 23.6 Å². The van der Waals surface area contributed by atoms with Gasteiger partial charge in [0.15, 0.2) is 0 Å². The van der Waals surface area contributed by atoms with Crippen molar-refractivity contribution in [2.45, 2.75) is 18.3 Å². The first-order valence-corrected chi connectivity index (χ1v) is 11.9. The van der Waals surface area contributed by atoms with Gasteiger partial charge in [0.05, 0.1) is 18.6 Å². The summed E-state index contributed by atoms with van der Waals surface area (Å²) in [5.41, 5.74) is 1.67. The summed E-state index contributed by atoms with van der Waals surface area (Å²) in [4.78, 5) is 31.4. The van der Waals surface area contributed by atoms with Crippen molar-refractivity contribution in [3.8, 4) is 0 Å². The molecule has 1 N–H and O–H groups in total. The molecule has 7 nitrogen and oxygen atoms in total. The Hall–Kier alpha value is -2.29. The van der Waals surface area contributed by atoms with Crippen LogP contribution in [0.2, 0.25) is 0 Å². The number of hydrogen-bond donors (Lipinski definition) is 1. The first-order valence-electron chi connectivity index (χ1n) is 10.8. The molecule has 4 rings (SSSR count). The lowest BCUT2D eigenvalue weighted by Gasteiger charge is -2.32. The number of amides is 2. The van der Waals surface area contributed by atoms with E-state index in [1.165, 1.54) is 0 Å². The molecule has 0 radical (unpaired) electrons. The van der Waals surface area contributed by atoms with Crippen LogP contribution in [-0.4, -0.2) is 78.6 Å². The second-order valence-corrected chi connectivity index (χ2v) is 9.21. The molecule has 0 unspecified atom stereocenters. The predicted octanol–water partition coefficient (Wildman–Crippen LogP) is 2.42. The van der Waals surface area contributed by atoms with Crippen molar-refractivity contribution in [3.63, 3.8) is 0 Å². The molecule has 2 saturated heterocycles. The van der Waals surface area contributed by atoms with Crippen molar-refractivity contribution in [3.05, 3.63) is 59.5 Å². The Morgan fingerprint density at radius 2 is 1.94 bits per heavy atom. The first kappa shape index (κ1) is 21.9. The summed E-state index contributed by atoms with van der Waals surface area (Å²) in [6, 6.07) is 11.3. The van der Waals surface area contributed by atoms with E-state index in [0.717, 1.165) is 50.5 Å². The van der Waals surface area contributed by atoms with Gasteiger partial charge in [-0.1, -0.05) is 12.1 Å². The van der Waals surface area contributed by atoms with Crippen LogP contribution in [0.15, 0.2) is 47.1 Å². The lowest BCUT2D eigenvalue weighted by molar-refractivity contribution is -0.128. The Kier molecular flexibility index (Phi) is 7.32. The molecule has 2 aliphatic rings. The topological polar surface area (TPSA) is 69.0 Å². The number of nitrogens with one attached hydrogen (secondary N) is 1. The maximum atomic E-state index is 12.5. The normalized spacial score (nSPS) is 20.4. The fourth-order valence-electron chi connectivity index (χ4n) is 3.95. The summed E-state index contributed by atoms with van der Waals surface area (Å²) in [5, 5.41) is 2.97. The van der Waals surface area contributed by atoms with E-state index in [9.17, 15) is 9.59 Å². The number of piperazine rings is 1. The number of rotatable bonds is 8. The average molecular weight is 443 g/mol. The molecular formula is C23H30N4O3S. The van der Waals surface area contributed by atoms with Crippen molar-refractivity contribution in [2.75, 3.05) is 52.1 Å². The quantitative estimate of drug-likeness (QED) is 0.634. The maximum Gasteiger partial charge on any atom is 0.251 e. The third-order valence-electron chi connectivity index (χ3n) is 5.86. The molecule has 8 heteroatoms. The van der Waals surface area contributed by atoms with Gasteiger partial charge >= 0.3 is 0 Å². The molecule has 1 aromatic carbocycles. The fraction of sp³-hybridized carbons (Fsp3) is 0.478. The standard InChI is InChI=1S/C23H30N4O3S/c1-25-11-13-26(14-12-25)10-3-9-24-22(29)18-5-7-19(8-6-18)23-27(21(28)17-31-23)16-20-4-2-15-30-20/h2,4-8,15,23H,3,9-14,16-17H2,1H3,(H,24,29)/t23-/m1/s1. The highest BCUT2D eigenvalue weighted by atomic mass is 32.2. The zero-order chi connectivity index (χ0) is 21.6. The number of carbonyl (C=O) groups is 2. The smallest absolute Gasteiger partial charge is 0.251 e. The maximum absolute atomic E-state index is 12.5. The van der Waals surface area contributed by atoms with Crippen molar-refractivity contribution in [1.82, 2.24) is 20.0 Å². The summed E-state index contributed by atoms with van der Waals surface area (Å²) >= 11 is 1.60. The van der Waals surface area contributed by atoms with Crippen molar-refractivity contribution < 1.29 is 14.0 Å². The number of benzene rings is 1. The van der Waals surface area contributed by atoms with Crippen LogP contribution in [0.1, 0.15) is 33.5 Å². The second-order valence-electron chi connectivity index (χ2n) is 8.14. The van der Waals surface area contributed by atoms with Crippen molar-refractivity contribution in [1.29, 1.82) is 0 Å². The van der Waals surface area contributed by atoms with Gasteiger partial charge in [0.25, 0.3) is 5.91 Å². The number of nitrogens with zero attached hydrogens (tertiary/aromatic N) is 3. The third-order valence-corrected chi connectivity index (χ3v) is 7.12. The molecule has 31 heavy (non-hydrogen) atoms. The zero-order valence-corrected chi connectivity index (χ0v) is 18.8. The largest absolute Gasteiger partial charge is 0.467 e. The Morgan fingerprint density at radius 1 is 1.16 bits per heavy atom. The monoisotopic (exact) mass is 442 g/mol. The number of thioether (sulfide) groups is 1. The molecule has 3 heterocycles. The van der Waals surface area contributed by atoms with Gasteiger partial charge in [-0.3, -0.25) is 9.59 Å². The van der Waals surface area contributed by atoms with Gasteiger partial charge in [-0.25, -0.2) is 0 Å². The summed E-state index contributed by atoms with van der Waals surface area (Å²) in [5.74, 6) is 1.29. The van der Waals surface area contributed by atoms with Crippen LogP contribution in [0.25, 0.3) is 0 Å². The van der Waals surface area contributed by atoms with Crippen LogP contribution in [0.5, 0.6) is 0 Å². The molecule has 2 fully saturated rings. The number of hydrogen-bond acceptors (Lipinski definition) is 6. The summed E-state index contributed by atoms with van der Waals surface area (Å²) in [7, 11) is 2.16. The molecule has 166 valence electrons. The van der Waals surface area contributed by atoms with Crippen LogP contribution in [-0.2, 0) is 11.3 Å². The molecule has 2 aliphatic heterocycles. The Bertz CT molecular complexity index is 863. The SMILES string of the molecule is CN1CCN(CCCNC(=O)c2ccc([C@H]3SCC(=O)N3Cc3ccco3)cc2)CC1. The van der Waals surface area contributed by atoms with Gasteiger partial charge in [-0.15, -0.1) is 11.8 Å². The molecule has 0 spiro atoms. The Labute approximate surface area is 187 Å². The Balaban J connectivity index is 1.26. The fourth-order valence-corrected chi connectivity index (χ4v) is 5.14.